The lowest BCUT2D eigenvalue weighted by Gasteiger charge is -2.07. The minimum Gasteiger partial charge on any atom is -0.462 e. The standard InChI is InChI=1S/C10H12FNO2/c1-3-14-10(13)7-4-5-8(12)9(11)6(7)2/h4-5H,3,12H2,1-2H3. The van der Waals surface area contributed by atoms with Gasteiger partial charge in [0.1, 0.15) is 5.82 Å². The number of halogens is 1. The van der Waals surface area contributed by atoms with Crippen LogP contribution in [0.2, 0.25) is 0 Å². The summed E-state index contributed by atoms with van der Waals surface area (Å²) in [5.41, 5.74) is 5.82. The summed E-state index contributed by atoms with van der Waals surface area (Å²) < 4.78 is 18.0. The molecule has 4 heteroatoms. The highest BCUT2D eigenvalue weighted by Gasteiger charge is 2.14. The van der Waals surface area contributed by atoms with Crippen LogP contribution in [-0.2, 0) is 4.74 Å². The van der Waals surface area contributed by atoms with E-state index in [1.54, 1.807) is 6.92 Å². The molecule has 1 aromatic carbocycles. The Balaban J connectivity index is 3.11. The molecule has 76 valence electrons. The molecule has 1 rings (SSSR count). The second-order valence-corrected chi connectivity index (χ2v) is 2.86. The van der Waals surface area contributed by atoms with E-state index in [2.05, 4.69) is 0 Å². The molecule has 0 bridgehead atoms. The summed E-state index contributed by atoms with van der Waals surface area (Å²) in [5.74, 6) is -1.08. The molecule has 0 saturated heterocycles. The van der Waals surface area contributed by atoms with Gasteiger partial charge in [-0.1, -0.05) is 0 Å². The topological polar surface area (TPSA) is 52.3 Å². The summed E-state index contributed by atoms with van der Waals surface area (Å²) in [7, 11) is 0. The molecule has 3 nitrogen and oxygen atoms in total. The number of esters is 1. The maximum atomic E-state index is 13.3. The Hall–Kier alpha value is -1.58. The predicted molar refractivity (Wildman–Crippen MR) is 51.5 cm³/mol. The summed E-state index contributed by atoms with van der Waals surface area (Å²) >= 11 is 0. The number of anilines is 1. The summed E-state index contributed by atoms with van der Waals surface area (Å²) in [6, 6.07) is 2.82. The van der Waals surface area contributed by atoms with E-state index < -0.39 is 11.8 Å². The van der Waals surface area contributed by atoms with Crippen LogP contribution in [-0.4, -0.2) is 12.6 Å². The molecule has 0 spiro atoms. The number of hydrogen-bond donors (Lipinski definition) is 1. The smallest absolute Gasteiger partial charge is 0.338 e. The first-order valence-corrected chi connectivity index (χ1v) is 4.29. The zero-order valence-electron chi connectivity index (χ0n) is 8.13. The minimum atomic E-state index is -0.560. The van der Waals surface area contributed by atoms with Crippen LogP contribution in [0.5, 0.6) is 0 Å². The van der Waals surface area contributed by atoms with E-state index in [-0.39, 0.29) is 23.4 Å². The second-order valence-electron chi connectivity index (χ2n) is 2.86. The first kappa shape index (κ1) is 10.5. The van der Waals surface area contributed by atoms with Gasteiger partial charge in [0, 0.05) is 5.56 Å². The summed E-state index contributed by atoms with van der Waals surface area (Å²) in [6.07, 6.45) is 0. The molecule has 2 N–H and O–H groups in total. The highest BCUT2D eigenvalue weighted by Crippen LogP contribution is 2.19. The van der Waals surface area contributed by atoms with Crippen LogP contribution in [0.4, 0.5) is 10.1 Å². The zero-order valence-corrected chi connectivity index (χ0v) is 8.13. The molecule has 0 aliphatic rings. The Morgan fingerprint density at radius 3 is 2.79 bits per heavy atom. The van der Waals surface area contributed by atoms with Crippen molar-refractivity contribution in [1.82, 2.24) is 0 Å². The number of nitrogens with two attached hydrogens (primary N) is 1. The van der Waals surface area contributed by atoms with E-state index in [0.29, 0.717) is 0 Å². The maximum absolute atomic E-state index is 13.3. The fraction of sp³-hybridized carbons (Fsp3) is 0.300. The van der Waals surface area contributed by atoms with Gasteiger partial charge in [-0.2, -0.15) is 0 Å². The minimum absolute atomic E-state index is 0.0375. The van der Waals surface area contributed by atoms with E-state index in [4.69, 9.17) is 10.5 Å². The lowest BCUT2D eigenvalue weighted by molar-refractivity contribution is 0.0525. The van der Waals surface area contributed by atoms with Crippen LogP contribution in [0.3, 0.4) is 0 Å². The van der Waals surface area contributed by atoms with E-state index in [1.165, 1.54) is 19.1 Å². The fourth-order valence-corrected chi connectivity index (χ4v) is 1.14. The maximum Gasteiger partial charge on any atom is 0.338 e. The van der Waals surface area contributed by atoms with Gasteiger partial charge in [-0.25, -0.2) is 9.18 Å². The molecule has 0 aliphatic heterocycles. The molecule has 0 atom stereocenters. The third-order valence-electron chi connectivity index (χ3n) is 1.91. The second kappa shape index (κ2) is 4.09. The van der Waals surface area contributed by atoms with Gasteiger partial charge in [0.05, 0.1) is 17.9 Å². The van der Waals surface area contributed by atoms with Gasteiger partial charge in [0.15, 0.2) is 0 Å². The van der Waals surface area contributed by atoms with Gasteiger partial charge in [0.2, 0.25) is 0 Å². The number of carbonyl (C=O) groups excluding carboxylic acids is 1. The highest BCUT2D eigenvalue weighted by molar-refractivity contribution is 5.91. The molecule has 0 radical (unpaired) electrons. The van der Waals surface area contributed by atoms with Crippen molar-refractivity contribution in [2.24, 2.45) is 0 Å². The molecule has 0 saturated carbocycles. The number of carbonyl (C=O) groups is 1. The van der Waals surface area contributed by atoms with Crippen LogP contribution in [0, 0.1) is 12.7 Å². The molecule has 0 heterocycles. The average Bonchev–Trinajstić information content (AvgIpc) is 2.15. The lowest BCUT2D eigenvalue weighted by Crippen LogP contribution is -2.08. The Bertz CT molecular complexity index is 363. The van der Waals surface area contributed by atoms with Crippen molar-refractivity contribution in [3.8, 4) is 0 Å². The van der Waals surface area contributed by atoms with Crippen LogP contribution >= 0.6 is 0 Å². The van der Waals surface area contributed by atoms with Gasteiger partial charge >= 0.3 is 5.97 Å². The summed E-state index contributed by atoms with van der Waals surface area (Å²) in [6.45, 7) is 3.46. The van der Waals surface area contributed by atoms with Gasteiger partial charge < -0.3 is 10.5 Å². The molecular formula is C10H12FNO2. The molecule has 0 unspecified atom stereocenters. The van der Waals surface area contributed by atoms with E-state index in [9.17, 15) is 9.18 Å². The number of nitrogen functional groups attached to an aromatic ring is 1. The predicted octanol–water partition coefficient (Wildman–Crippen LogP) is 1.89. The monoisotopic (exact) mass is 197 g/mol. The number of benzene rings is 1. The molecule has 1 aromatic rings. The van der Waals surface area contributed by atoms with Crippen molar-refractivity contribution in [1.29, 1.82) is 0 Å². The highest BCUT2D eigenvalue weighted by atomic mass is 19.1. The molecule has 0 aliphatic carbocycles. The van der Waals surface area contributed by atoms with Crippen molar-refractivity contribution in [3.63, 3.8) is 0 Å². The first-order chi connectivity index (χ1) is 6.57. The Morgan fingerprint density at radius 1 is 1.57 bits per heavy atom. The van der Waals surface area contributed by atoms with Crippen molar-refractivity contribution < 1.29 is 13.9 Å². The van der Waals surface area contributed by atoms with Crippen LogP contribution in [0.1, 0.15) is 22.8 Å². The van der Waals surface area contributed by atoms with Gasteiger partial charge in [-0.15, -0.1) is 0 Å². The van der Waals surface area contributed by atoms with E-state index in [0.717, 1.165) is 0 Å². The Morgan fingerprint density at radius 2 is 2.21 bits per heavy atom. The SMILES string of the molecule is CCOC(=O)c1ccc(N)c(F)c1C. The largest absolute Gasteiger partial charge is 0.462 e. The van der Waals surface area contributed by atoms with E-state index >= 15 is 0 Å². The number of rotatable bonds is 2. The van der Waals surface area contributed by atoms with Gasteiger partial charge in [-0.3, -0.25) is 0 Å². The van der Waals surface area contributed by atoms with Crippen molar-refractivity contribution in [3.05, 3.63) is 29.1 Å². The summed E-state index contributed by atoms with van der Waals surface area (Å²) in [5, 5.41) is 0. The van der Waals surface area contributed by atoms with Crippen molar-refractivity contribution in [2.75, 3.05) is 12.3 Å². The first-order valence-electron chi connectivity index (χ1n) is 4.29. The van der Waals surface area contributed by atoms with Crippen molar-refractivity contribution >= 4 is 11.7 Å². The number of ether oxygens (including phenoxy) is 1. The normalized spacial score (nSPS) is 9.93. The summed E-state index contributed by atoms with van der Waals surface area (Å²) in [4.78, 5) is 11.3. The van der Waals surface area contributed by atoms with Crippen LogP contribution < -0.4 is 5.73 Å². The number of hydrogen-bond acceptors (Lipinski definition) is 3. The average molecular weight is 197 g/mol. The Labute approximate surface area is 81.7 Å². The fourth-order valence-electron chi connectivity index (χ4n) is 1.14. The van der Waals surface area contributed by atoms with Gasteiger partial charge in [-0.05, 0) is 26.0 Å². The van der Waals surface area contributed by atoms with Crippen molar-refractivity contribution in [2.45, 2.75) is 13.8 Å². The third kappa shape index (κ3) is 1.84. The molecule has 0 aromatic heterocycles. The molecular weight excluding hydrogens is 185 g/mol. The Kier molecular flexibility index (Phi) is 3.06. The quantitative estimate of drug-likeness (QED) is 0.581. The molecule has 0 fully saturated rings. The lowest BCUT2D eigenvalue weighted by atomic mass is 10.1. The van der Waals surface area contributed by atoms with Gasteiger partial charge in [0.25, 0.3) is 0 Å². The van der Waals surface area contributed by atoms with Crippen LogP contribution in [0.25, 0.3) is 0 Å². The molecule has 0 amide bonds. The zero-order chi connectivity index (χ0) is 10.7. The van der Waals surface area contributed by atoms with E-state index in [1.807, 2.05) is 0 Å². The third-order valence-corrected chi connectivity index (χ3v) is 1.91. The van der Waals surface area contributed by atoms with Crippen LogP contribution in [0.15, 0.2) is 12.1 Å². The molecule has 14 heavy (non-hydrogen) atoms.